The third kappa shape index (κ3) is 3.03. The monoisotopic (exact) mass is 234 g/mol. The fourth-order valence-electron chi connectivity index (χ4n) is 2.50. The Labute approximate surface area is 103 Å². The lowest BCUT2D eigenvalue weighted by Gasteiger charge is -2.39. The van der Waals surface area contributed by atoms with Crippen molar-refractivity contribution in [2.24, 2.45) is 5.73 Å². The van der Waals surface area contributed by atoms with Gasteiger partial charge in [0.15, 0.2) is 0 Å². The molecule has 4 nitrogen and oxygen atoms in total. The van der Waals surface area contributed by atoms with Gasteiger partial charge in [-0.05, 0) is 25.6 Å². The molecule has 2 rings (SSSR count). The molecule has 2 atom stereocenters. The molecule has 0 saturated carbocycles. The Morgan fingerprint density at radius 1 is 1.29 bits per heavy atom. The maximum atomic E-state index is 6.15. The molecule has 1 aromatic heterocycles. The van der Waals surface area contributed by atoms with Crippen molar-refractivity contribution < 1.29 is 0 Å². The zero-order valence-corrected chi connectivity index (χ0v) is 10.7. The summed E-state index contributed by atoms with van der Waals surface area (Å²) >= 11 is 0. The number of rotatable bonds is 3. The zero-order valence-electron chi connectivity index (χ0n) is 10.7. The van der Waals surface area contributed by atoms with E-state index in [0.717, 1.165) is 26.2 Å². The number of piperazine rings is 1. The summed E-state index contributed by atoms with van der Waals surface area (Å²) in [5, 5.41) is 0. The van der Waals surface area contributed by atoms with Crippen LogP contribution in [0.15, 0.2) is 24.5 Å². The van der Waals surface area contributed by atoms with Crippen molar-refractivity contribution in [3.63, 3.8) is 0 Å². The number of hydrogen-bond donors (Lipinski definition) is 1. The molecule has 1 fully saturated rings. The van der Waals surface area contributed by atoms with Crippen molar-refractivity contribution in [2.45, 2.75) is 19.0 Å². The molecule has 17 heavy (non-hydrogen) atoms. The highest BCUT2D eigenvalue weighted by Crippen LogP contribution is 2.23. The van der Waals surface area contributed by atoms with Gasteiger partial charge >= 0.3 is 0 Å². The molecular formula is C13H22N4. The first kappa shape index (κ1) is 12.5. The van der Waals surface area contributed by atoms with E-state index >= 15 is 0 Å². The van der Waals surface area contributed by atoms with Gasteiger partial charge in [0.25, 0.3) is 0 Å². The maximum Gasteiger partial charge on any atom is 0.0512 e. The minimum atomic E-state index is 0.127. The maximum absolute atomic E-state index is 6.15. The van der Waals surface area contributed by atoms with E-state index in [2.05, 4.69) is 34.8 Å². The molecule has 4 heteroatoms. The van der Waals surface area contributed by atoms with Crippen LogP contribution in [0.2, 0.25) is 0 Å². The van der Waals surface area contributed by atoms with Crippen LogP contribution in [-0.4, -0.2) is 54.1 Å². The van der Waals surface area contributed by atoms with E-state index in [0.29, 0.717) is 0 Å². The summed E-state index contributed by atoms with van der Waals surface area (Å²) < 4.78 is 0. The van der Waals surface area contributed by atoms with Gasteiger partial charge in [0, 0.05) is 44.6 Å². The largest absolute Gasteiger partial charge is 0.326 e. The number of likely N-dealkylation sites (N-methyl/N-ethyl adjacent to an activating group) is 1. The molecule has 2 unspecified atom stereocenters. The van der Waals surface area contributed by atoms with Gasteiger partial charge in [0.1, 0.15) is 0 Å². The first-order chi connectivity index (χ1) is 8.18. The normalized spacial score (nSPS) is 22.3. The molecule has 2 heterocycles. The minimum absolute atomic E-state index is 0.127. The van der Waals surface area contributed by atoms with Crippen LogP contribution in [0.4, 0.5) is 0 Å². The molecule has 94 valence electrons. The summed E-state index contributed by atoms with van der Waals surface area (Å²) in [6, 6.07) is 4.53. The molecular weight excluding hydrogens is 212 g/mol. The third-order valence-corrected chi connectivity index (χ3v) is 3.46. The predicted octanol–water partition coefficient (Wildman–Crippen LogP) is 0.717. The Bertz CT molecular complexity index is 331. The van der Waals surface area contributed by atoms with E-state index in [-0.39, 0.29) is 12.1 Å². The highest BCUT2D eigenvalue weighted by molar-refractivity contribution is 5.16. The molecule has 1 aliphatic heterocycles. The first-order valence-electron chi connectivity index (χ1n) is 6.26. The fraction of sp³-hybridized carbons (Fsp3) is 0.615. The van der Waals surface area contributed by atoms with E-state index in [9.17, 15) is 0 Å². The average Bonchev–Trinajstić information content (AvgIpc) is 2.33. The van der Waals surface area contributed by atoms with Crippen molar-refractivity contribution in [3.8, 4) is 0 Å². The van der Waals surface area contributed by atoms with Gasteiger partial charge in [-0.1, -0.05) is 6.07 Å². The topological polar surface area (TPSA) is 45.4 Å². The van der Waals surface area contributed by atoms with Crippen molar-refractivity contribution in [3.05, 3.63) is 30.1 Å². The minimum Gasteiger partial charge on any atom is -0.326 e. The summed E-state index contributed by atoms with van der Waals surface area (Å²) in [7, 11) is 2.17. The lowest BCUT2D eigenvalue weighted by atomic mass is 10.00. The summed E-state index contributed by atoms with van der Waals surface area (Å²) in [5.41, 5.74) is 7.38. The van der Waals surface area contributed by atoms with E-state index in [1.54, 1.807) is 0 Å². The zero-order chi connectivity index (χ0) is 12.3. The number of aromatic nitrogens is 1. The Morgan fingerprint density at radius 3 is 2.53 bits per heavy atom. The SMILES string of the molecule is CC(N)C(c1cccnc1)N1CCN(C)CC1. The second-order valence-electron chi connectivity index (χ2n) is 4.93. The van der Waals surface area contributed by atoms with Crippen LogP contribution in [0.25, 0.3) is 0 Å². The molecule has 0 radical (unpaired) electrons. The number of nitrogens with zero attached hydrogens (tertiary/aromatic N) is 3. The van der Waals surface area contributed by atoms with Crippen LogP contribution in [0.5, 0.6) is 0 Å². The van der Waals surface area contributed by atoms with Gasteiger partial charge in [-0.15, -0.1) is 0 Å². The fourth-order valence-corrected chi connectivity index (χ4v) is 2.50. The molecule has 0 bridgehead atoms. The Kier molecular flexibility index (Phi) is 4.10. The van der Waals surface area contributed by atoms with Crippen LogP contribution in [0, 0.1) is 0 Å². The lowest BCUT2D eigenvalue weighted by molar-refractivity contribution is 0.100. The first-order valence-corrected chi connectivity index (χ1v) is 6.26. The van der Waals surface area contributed by atoms with E-state index in [1.807, 2.05) is 18.5 Å². The number of hydrogen-bond acceptors (Lipinski definition) is 4. The second-order valence-corrected chi connectivity index (χ2v) is 4.93. The Balaban J connectivity index is 2.13. The molecule has 0 aromatic carbocycles. The van der Waals surface area contributed by atoms with Gasteiger partial charge in [-0.25, -0.2) is 0 Å². The third-order valence-electron chi connectivity index (χ3n) is 3.46. The highest BCUT2D eigenvalue weighted by Gasteiger charge is 2.26. The molecule has 1 aliphatic rings. The second kappa shape index (κ2) is 5.58. The van der Waals surface area contributed by atoms with Crippen LogP contribution in [-0.2, 0) is 0 Å². The Hall–Kier alpha value is -0.970. The standard InChI is InChI=1S/C13H22N4/c1-11(14)13(12-4-3-5-15-10-12)17-8-6-16(2)7-9-17/h3-5,10-11,13H,6-9,14H2,1-2H3. The summed E-state index contributed by atoms with van der Waals surface area (Å²) in [6.45, 7) is 6.47. The van der Waals surface area contributed by atoms with Gasteiger partial charge in [-0.3, -0.25) is 9.88 Å². The summed E-state index contributed by atoms with van der Waals surface area (Å²) in [4.78, 5) is 9.04. The van der Waals surface area contributed by atoms with Crippen molar-refractivity contribution in [2.75, 3.05) is 33.2 Å². The molecule has 2 N–H and O–H groups in total. The van der Waals surface area contributed by atoms with Gasteiger partial charge in [0.2, 0.25) is 0 Å². The summed E-state index contributed by atoms with van der Waals surface area (Å²) in [6.07, 6.45) is 3.75. The van der Waals surface area contributed by atoms with E-state index in [4.69, 9.17) is 5.73 Å². The van der Waals surface area contributed by atoms with Crippen molar-refractivity contribution in [1.82, 2.24) is 14.8 Å². The van der Waals surface area contributed by atoms with Crippen LogP contribution >= 0.6 is 0 Å². The molecule has 1 saturated heterocycles. The molecule has 0 spiro atoms. The van der Waals surface area contributed by atoms with E-state index < -0.39 is 0 Å². The summed E-state index contributed by atoms with van der Waals surface area (Å²) in [5.74, 6) is 0. The predicted molar refractivity (Wildman–Crippen MR) is 69.7 cm³/mol. The molecule has 0 amide bonds. The van der Waals surface area contributed by atoms with Gasteiger partial charge in [0.05, 0.1) is 6.04 Å². The van der Waals surface area contributed by atoms with Crippen LogP contribution in [0.1, 0.15) is 18.5 Å². The molecule has 1 aromatic rings. The average molecular weight is 234 g/mol. The molecule has 0 aliphatic carbocycles. The number of nitrogens with two attached hydrogens (primary N) is 1. The number of pyridine rings is 1. The lowest BCUT2D eigenvalue weighted by Crippen LogP contribution is -2.49. The van der Waals surface area contributed by atoms with Crippen molar-refractivity contribution >= 4 is 0 Å². The van der Waals surface area contributed by atoms with E-state index in [1.165, 1.54) is 5.56 Å². The van der Waals surface area contributed by atoms with Crippen molar-refractivity contribution in [1.29, 1.82) is 0 Å². The Morgan fingerprint density at radius 2 is 2.00 bits per heavy atom. The van der Waals surface area contributed by atoms with Crippen LogP contribution in [0.3, 0.4) is 0 Å². The smallest absolute Gasteiger partial charge is 0.0512 e. The highest BCUT2D eigenvalue weighted by atomic mass is 15.3. The quantitative estimate of drug-likeness (QED) is 0.837. The van der Waals surface area contributed by atoms with Crippen LogP contribution < -0.4 is 5.73 Å². The van der Waals surface area contributed by atoms with Gasteiger partial charge in [-0.2, -0.15) is 0 Å². The van der Waals surface area contributed by atoms with Gasteiger partial charge < -0.3 is 10.6 Å².